The largest absolute Gasteiger partial charge is 0.0622 e. The molecule has 0 nitrogen and oxygen atoms in total. The minimum Gasteiger partial charge on any atom is -0.0622 e. The normalized spacial score (nSPS) is 7.70. The van der Waals surface area contributed by atoms with Gasteiger partial charge in [0.15, 0.2) is 0 Å². The van der Waals surface area contributed by atoms with Crippen molar-refractivity contribution in [2.45, 2.75) is 34.1 Å². The second-order valence-electron chi connectivity index (χ2n) is 3.21. The zero-order valence-electron chi connectivity index (χ0n) is 12.7. The second-order valence-corrected chi connectivity index (χ2v) is 15.0. The van der Waals surface area contributed by atoms with Crippen LogP contribution in [0.2, 0.25) is 0 Å². The molecule has 2 aromatic carbocycles. The van der Waals surface area contributed by atoms with E-state index < -0.39 is 0 Å². The second kappa shape index (κ2) is 19.5. The van der Waals surface area contributed by atoms with Crippen molar-refractivity contribution < 1.29 is 9.47 Å². The Balaban J connectivity index is 0. The number of hydrogen-bond donors (Lipinski definition) is 0. The van der Waals surface area contributed by atoms with Crippen LogP contribution in [0.3, 0.4) is 0 Å². The van der Waals surface area contributed by atoms with Crippen molar-refractivity contribution in [3.63, 3.8) is 0 Å². The summed E-state index contributed by atoms with van der Waals surface area (Å²) in [4.78, 5) is 0. The van der Waals surface area contributed by atoms with Gasteiger partial charge in [0.2, 0.25) is 0 Å². The number of rotatable bonds is 2. The topological polar surface area (TPSA) is 0 Å². The Kier molecular flexibility index (Phi) is 22.2. The van der Waals surface area contributed by atoms with Crippen LogP contribution in [0.1, 0.15) is 38.8 Å². The van der Waals surface area contributed by atoms with Crippen LogP contribution >= 0.6 is 40.0 Å². The summed E-state index contributed by atoms with van der Waals surface area (Å²) in [7, 11) is 0.628. The van der Waals surface area contributed by atoms with Crippen LogP contribution in [-0.2, 0) is 15.9 Å². The van der Waals surface area contributed by atoms with Crippen molar-refractivity contribution in [2.24, 2.45) is 0 Å². The molecule has 0 heterocycles. The standard InChI is InChI=1S/C13H12.2C2H6.2HI.V/c1-3-7-12(8-4-1)11-13-9-5-2-6-10-13;2*1-2;;;/h1-10H,11H2;2*1-2H3;2*1H;/q;;;;;+2/p-2. The molecule has 0 aromatic heterocycles. The van der Waals surface area contributed by atoms with Crippen LogP contribution in [0.4, 0.5) is 0 Å². The molecule has 0 saturated carbocycles. The first kappa shape index (κ1) is 22.8. The molecule has 0 saturated heterocycles. The van der Waals surface area contributed by atoms with Gasteiger partial charge in [-0.15, -0.1) is 0 Å². The van der Waals surface area contributed by atoms with Crippen LogP contribution in [0.5, 0.6) is 0 Å². The zero-order valence-corrected chi connectivity index (χ0v) is 18.4. The van der Waals surface area contributed by atoms with Gasteiger partial charge in [-0.1, -0.05) is 88.4 Å². The Hall–Kier alpha value is 0.484. The predicted octanol–water partition coefficient (Wildman–Crippen LogP) is 7.10. The van der Waals surface area contributed by atoms with Crippen LogP contribution in [0.25, 0.3) is 0 Å². The molecule has 0 amide bonds. The SMILES string of the molecule is CC.CC.[I][V][I].c1ccc(Cc2ccccc2)cc1. The molecule has 0 aliphatic heterocycles. The quantitative estimate of drug-likeness (QED) is 0.362. The molecule has 0 spiro atoms. The summed E-state index contributed by atoms with van der Waals surface area (Å²) in [6, 6.07) is 21.1. The summed E-state index contributed by atoms with van der Waals surface area (Å²) in [5.74, 6) is 0. The van der Waals surface area contributed by atoms with E-state index in [1.807, 2.05) is 27.7 Å². The average molecular weight is 533 g/mol. The van der Waals surface area contributed by atoms with Gasteiger partial charge in [-0.25, -0.2) is 0 Å². The van der Waals surface area contributed by atoms with Crippen LogP contribution in [-0.4, -0.2) is 0 Å². The van der Waals surface area contributed by atoms with Gasteiger partial charge in [-0.3, -0.25) is 0 Å². The molecule has 111 valence electrons. The van der Waals surface area contributed by atoms with Gasteiger partial charge in [0.05, 0.1) is 0 Å². The first-order valence-corrected chi connectivity index (χ1v) is 15.9. The first-order valence-electron chi connectivity index (χ1n) is 6.87. The van der Waals surface area contributed by atoms with E-state index in [1.54, 1.807) is 0 Å². The molecule has 0 radical (unpaired) electrons. The van der Waals surface area contributed by atoms with E-state index in [0.29, 0.717) is 9.47 Å². The molecule has 20 heavy (non-hydrogen) atoms. The Morgan fingerprint density at radius 1 is 0.650 bits per heavy atom. The van der Waals surface area contributed by atoms with Crippen molar-refractivity contribution in [3.8, 4) is 0 Å². The van der Waals surface area contributed by atoms with E-state index in [9.17, 15) is 0 Å². The minimum atomic E-state index is 0.628. The van der Waals surface area contributed by atoms with Crippen molar-refractivity contribution >= 4 is 40.0 Å². The molecular weight excluding hydrogens is 509 g/mol. The van der Waals surface area contributed by atoms with Gasteiger partial charge in [-0.2, -0.15) is 0 Å². The fourth-order valence-electron chi connectivity index (χ4n) is 1.43. The predicted molar refractivity (Wildman–Crippen MR) is 106 cm³/mol. The van der Waals surface area contributed by atoms with E-state index in [0.717, 1.165) is 6.42 Å². The van der Waals surface area contributed by atoms with Crippen molar-refractivity contribution in [2.75, 3.05) is 0 Å². The van der Waals surface area contributed by atoms with E-state index in [1.165, 1.54) is 11.1 Å². The average Bonchev–Trinajstić information content (AvgIpc) is 2.54. The molecule has 2 aromatic rings. The van der Waals surface area contributed by atoms with E-state index in [4.69, 9.17) is 0 Å². The van der Waals surface area contributed by atoms with Crippen molar-refractivity contribution in [1.29, 1.82) is 0 Å². The van der Waals surface area contributed by atoms with Gasteiger partial charge < -0.3 is 0 Å². The Labute approximate surface area is 154 Å². The Bertz CT molecular complexity index is 339. The first-order chi connectivity index (χ1) is 9.86. The van der Waals surface area contributed by atoms with E-state index in [2.05, 4.69) is 101 Å². The summed E-state index contributed by atoms with van der Waals surface area (Å²) >= 11 is 4.74. The Morgan fingerprint density at radius 2 is 0.900 bits per heavy atom. The number of hydrogen-bond acceptors (Lipinski definition) is 0. The molecule has 2 rings (SSSR count). The van der Waals surface area contributed by atoms with Gasteiger partial charge in [0, 0.05) is 0 Å². The maximum Gasteiger partial charge on any atom is -0.00258 e. The fraction of sp³-hybridized carbons (Fsp3) is 0.294. The molecular formula is C17H24I2V. The smallest absolute Gasteiger partial charge is 0.00258 e. The van der Waals surface area contributed by atoms with Gasteiger partial charge in [0.1, 0.15) is 0 Å². The third-order valence-corrected chi connectivity index (χ3v) is 2.09. The monoisotopic (exact) mass is 533 g/mol. The molecule has 3 heteroatoms. The molecule has 0 aliphatic rings. The van der Waals surface area contributed by atoms with E-state index >= 15 is 0 Å². The van der Waals surface area contributed by atoms with Crippen molar-refractivity contribution in [1.82, 2.24) is 0 Å². The summed E-state index contributed by atoms with van der Waals surface area (Å²) in [6.07, 6.45) is 1.03. The molecule has 0 bridgehead atoms. The molecule has 0 N–H and O–H groups in total. The van der Waals surface area contributed by atoms with E-state index in [-0.39, 0.29) is 0 Å². The summed E-state index contributed by atoms with van der Waals surface area (Å²) in [6.45, 7) is 8.00. The van der Waals surface area contributed by atoms with Gasteiger partial charge in [0.25, 0.3) is 0 Å². The minimum absolute atomic E-state index is 0.628. The summed E-state index contributed by atoms with van der Waals surface area (Å²) in [5, 5.41) is 0. The maximum atomic E-state index is 2.37. The number of benzene rings is 2. The fourth-order valence-corrected chi connectivity index (χ4v) is 1.43. The molecule has 0 atom stereocenters. The van der Waals surface area contributed by atoms with Gasteiger partial charge >= 0.3 is 49.4 Å². The molecule has 0 unspecified atom stereocenters. The third-order valence-electron chi connectivity index (χ3n) is 2.09. The van der Waals surface area contributed by atoms with Crippen LogP contribution in [0, 0.1) is 0 Å². The Morgan fingerprint density at radius 3 is 1.15 bits per heavy atom. The maximum absolute atomic E-state index is 2.37. The van der Waals surface area contributed by atoms with Crippen LogP contribution in [0.15, 0.2) is 60.7 Å². The van der Waals surface area contributed by atoms with Crippen molar-refractivity contribution in [3.05, 3.63) is 71.8 Å². The summed E-state index contributed by atoms with van der Waals surface area (Å²) in [5.41, 5.74) is 2.74. The van der Waals surface area contributed by atoms with Crippen LogP contribution < -0.4 is 0 Å². The molecule has 0 aliphatic carbocycles. The molecule has 0 fully saturated rings. The third kappa shape index (κ3) is 13.5. The zero-order chi connectivity index (χ0) is 15.6. The van der Waals surface area contributed by atoms with Gasteiger partial charge in [-0.05, 0) is 17.5 Å². The summed E-state index contributed by atoms with van der Waals surface area (Å²) < 4.78 is 0. The number of halogens is 2.